The van der Waals surface area contributed by atoms with Crippen LogP contribution >= 0.6 is 0 Å². The topological polar surface area (TPSA) is 73.8 Å². The van der Waals surface area contributed by atoms with E-state index in [0.29, 0.717) is 6.54 Å². The number of rotatable bonds is 6. The molecule has 6 nitrogen and oxygen atoms in total. The maximum atomic E-state index is 11.2. The summed E-state index contributed by atoms with van der Waals surface area (Å²) in [5.74, 6) is -0.557. The van der Waals surface area contributed by atoms with Gasteiger partial charge in [0.15, 0.2) is 0 Å². The van der Waals surface area contributed by atoms with Crippen molar-refractivity contribution in [1.29, 1.82) is 0 Å². The summed E-state index contributed by atoms with van der Waals surface area (Å²) < 4.78 is 5.39. The standard InChI is InChI=1S/C20H23N3O3/c24-20(22-25)10-7-17-3-1-2-4-19(17)21-15-16-5-8-18(9-6-16)23-11-13-26-14-12-23/h1-10,21,25H,11-15H2,(H,22,24)/b10-7+. The Morgan fingerprint density at radius 3 is 2.58 bits per heavy atom. The van der Waals surface area contributed by atoms with Crippen LogP contribution in [0.2, 0.25) is 0 Å². The first-order valence-electron chi connectivity index (χ1n) is 8.63. The molecule has 1 aliphatic heterocycles. The Morgan fingerprint density at radius 1 is 1.12 bits per heavy atom. The van der Waals surface area contributed by atoms with Gasteiger partial charge in [0, 0.05) is 37.1 Å². The van der Waals surface area contributed by atoms with Crippen LogP contribution in [0.3, 0.4) is 0 Å². The predicted molar refractivity (Wildman–Crippen MR) is 102 cm³/mol. The number of nitrogens with zero attached hydrogens (tertiary/aromatic N) is 1. The summed E-state index contributed by atoms with van der Waals surface area (Å²) in [7, 11) is 0. The van der Waals surface area contributed by atoms with Gasteiger partial charge in [-0.2, -0.15) is 0 Å². The molecule has 2 aromatic carbocycles. The highest BCUT2D eigenvalue weighted by Gasteiger charge is 2.10. The Labute approximate surface area is 153 Å². The Morgan fingerprint density at radius 2 is 1.85 bits per heavy atom. The molecule has 0 aliphatic carbocycles. The zero-order valence-electron chi connectivity index (χ0n) is 14.5. The lowest BCUT2D eigenvalue weighted by Gasteiger charge is -2.28. The Hall–Kier alpha value is -2.83. The van der Waals surface area contributed by atoms with Gasteiger partial charge in [-0.05, 0) is 35.4 Å². The van der Waals surface area contributed by atoms with Crippen LogP contribution in [0.5, 0.6) is 0 Å². The van der Waals surface area contributed by atoms with E-state index in [9.17, 15) is 4.79 Å². The number of para-hydroxylation sites is 1. The van der Waals surface area contributed by atoms with Crippen molar-refractivity contribution in [2.45, 2.75) is 6.54 Å². The maximum Gasteiger partial charge on any atom is 0.267 e. The number of benzene rings is 2. The van der Waals surface area contributed by atoms with E-state index in [1.54, 1.807) is 11.6 Å². The smallest absolute Gasteiger partial charge is 0.267 e. The van der Waals surface area contributed by atoms with Gasteiger partial charge in [0.05, 0.1) is 13.2 Å². The van der Waals surface area contributed by atoms with Crippen LogP contribution in [0.1, 0.15) is 11.1 Å². The molecule has 0 bridgehead atoms. The Bertz CT molecular complexity index is 753. The fourth-order valence-corrected chi connectivity index (χ4v) is 2.85. The summed E-state index contributed by atoms with van der Waals surface area (Å²) in [5.41, 5.74) is 5.78. The number of hydrogen-bond acceptors (Lipinski definition) is 5. The first-order chi connectivity index (χ1) is 12.8. The highest BCUT2D eigenvalue weighted by Crippen LogP contribution is 2.20. The van der Waals surface area contributed by atoms with Gasteiger partial charge in [0.1, 0.15) is 0 Å². The van der Waals surface area contributed by atoms with Gasteiger partial charge in [-0.15, -0.1) is 0 Å². The van der Waals surface area contributed by atoms with Crippen molar-refractivity contribution in [3.8, 4) is 0 Å². The van der Waals surface area contributed by atoms with Crippen LogP contribution < -0.4 is 15.7 Å². The van der Waals surface area contributed by atoms with Crippen LogP contribution in [-0.4, -0.2) is 37.4 Å². The van der Waals surface area contributed by atoms with Crippen molar-refractivity contribution >= 4 is 23.4 Å². The molecule has 0 atom stereocenters. The molecule has 1 heterocycles. The summed E-state index contributed by atoms with van der Waals surface area (Å²) in [5, 5.41) is 12.0. The minimum absolute atomic E-state index is 0.557. The second kappa shape index (κ2) is 9.03. The molecule has 0 aromatic heterocycles. The number of anilines is 2. The predicted octanol–water partition coefficient (Wildman–Crippen LogP) is 2.65. The zero-order chi connectivity index (χ0) is 18.2. The van der Waals surface area contributed by atoms with Crippen LogP contribution in [0.4, 0.5) is 11.4 Å². The molecule has 0 spiro atoms. The van der Waals surface area contributed by atoms with Crippen LogP contribution in [0.25, 0.3) is 6.08 Å². The summed E-state index contributed by atoms with van der Waals surface area (Å²) in [6, 6.07) is 16.2. The van der Waals surface area contributed by atoms with Crippen molar-refractivity contribution in [1.82, 2.24) is 5.48 Å². The summed E-state index contributed by atoms with van der Waals surface area (Å²) in [6.07, 6.45) is 2.95. The molecule has 3 N–H and O–H groups in total. The molecule has 1 aliphatic rings. The minimum atomic E-state index is -0.557. The molecule has 26 heavy (non-hydrogen) atoms. The monoisotopic (exact) mass is 353 g/mol. The van der Waals surface area contributed by atoms with Gasteiger partial charge in [-0.1, -0.05) is 30.3 Å². The van der Waals surface area contributed by atoms with Crippen LogP contribution in [0.15, 0.2) is 54.6 Å². The average molecular weight is 353 g/mol. The number of carbonyl (C=O) groups is 1. The molecular weight excluding hydrogens is 330 g/mol. The highest BCUT2D eigenvalue weighted by atomic mass is 16.5. The molecule has 1 fully saturated rings. The van der Waals surface area contributed by atoms with E-state index in [1.807, 2.05) is 24.3 Å². The molecule has 1 saturated heterocycles. The van der Waals surface area contributed by atoms with Gasteiger partial charge in [0.2, 0.25) is 0 Å². The van der Waals surface area contributed by atoms with E-state index in [1.165, 1.54) is 17.3 Å². The van der Waals surface area contributed by atoms with Gasteiger partial charge in [0.25, 0.3) is 5.91 Å². The third-order valence-electron chi connectivity index (χ3n) is 4.28. The van der Waals surface area contributed by atoms with E-state index in [0.717, 1.165) is 37.6 Å². The van der Waals surface area contributed by atoms with Crippen molar-refractivity contribution in [3.63, 3.8) is 0 Å². The van der Waals surface area contributed by atoms with Gasteiger partial charge < -0.3 is 15.0 Å². The molecular formula is C20H23N3O3. The third kappa shape index (κ3) is 4.84. The zero-order valence-corrected chi connectivity index (χ0v) is 14.5. The number of morpholine rings is 1. The van der Waals surface area contributed by atoms with E-state index < -0.39 is 5.91 Å². The molecule has 3 rings (SSSR count). The van der Waals surface area contributed by atoms with E-state index in [2.05, 4.69) is 34.5 Å². The van der Waals surface area contributed by atoms with Crippen molar-refractivity contribution in [3.05, 3.63) is 65.7 Å². The van der Waals surface area contributed by atoms with Crippen LogP contribution in [-0.2, 0) is 16.1 Å². The Kier molecular flexibility index (Phi) is 6.24. The SMILES string of the molecule is O=C(/C=C/c1ccccc1NCc1ccc(N2CCOCC2)cc1)NO. The maximum absolute atomic E-state index is 11.2. The van der Waals surface area contributed by atoms with E-state index in [-0.39, 0.29) is 0 Å². The third-order valence-corrected chi connectivity index (χ3v) is 4.28. The largest absolute Gasteiger partial charge is 0.380 e. The fraction of sp³-hybridized carbons (Fsp3) is 0.250. The fourth-order valence-electron chi connectivity index (χ4n) is 2.85. The first-order valence-corrected chi connectivity index (χ1v) is 8.63. The first kappa shape index (κ1) is 18.0. The van der Waals surface area contributed by atoms with Gasteiger partial charge >= 0.3 is 0 Å². The number of amides is 1. The highest BCUT2D eigenvalue weighted by molar-refractivity contribution is 5.91. The summed E-state index contributed by atoms with van der Waals surface area (Å²) in [6.45, 7) is 4.10. The number of hydroxylamine groups is 1. The molecule has 136 valence electrons. The lowest BCUT2D eigenvalue weighted by Crippen LogP contribution is -2.36. The summed E-state index contributed by atoms with van der Waals surface area (Å²) >= 11 is 0. The average Bonchev–Trinajstić information content (AvgIpc) is 2.72. The molecule has 0 radical (unpaired) electrons. The lowest BCUT2D eigenvalue weighted by atomic mass is 10.1. The van der Waals surface area contributed by atoms with Crippen molar-refractivity contribution in [2.24, 2.45) is 0 Å². The lowest BCUT2D eigenvalue weighted by molar-refractivity contribution is -0.124. The molecule has 1 amide bonds. The van der Waals surface area contributed by atoms with Crippen molar-refractivity contribution in [2.75, 3.05) is 36.5 Å². The van der Waals surface area contributed by atoms with E-state index in [4.69, 9.17) is 9.94 Å². The number of hydrogen-bond donors (Lipinski definition) is 3. The summed E-state index contributed by atoms with van der Waals surface area (Å²) in [4.78, 5) is 13.5. The van der Waals surface area contributed by atoms with E-state index >= 15 is 0 Å². The molecule has 0 saturated carbocycles. The van der Waals surface area contributed by atoms with Gasteiger partial charge in [-0.25, -0.2) is 5.48 Å². The minimum Gasteiger partial charge on any atom is -0.380 e. The van der Waals surface area contributed by atoms with Crippen LogP contribution in [0, 0.1) is 0 Å². The molecule has 2 aromatic rings. The number of nitrogens with one attached hydrogen (secondary N) is 2. The van der Waals surface area contributed by atoms with Crippen molar-refractivity contribution < 1.29 is 14.7 Å². The second-order valence-electron chi connectivity index (χ2n) is 6.02. The molecule has 0 unspecified atom stereocenters. The number of ether oxygens (including phenoxy) is 1. The number of carbonyl (C=O) groups excluding carboxylic acids is 1. The Balaban J connectivity index is 1.62. The van der Waals surface area contributed by atoms with Gasteiger partial charge in [-0.3, -0.25) is 10.0 Å². The quantitative estimate of drug-likeness (QED) is 0.423. The normalized spacial score (nSPS) is 14.4. The second-order valence-corrected chi connectivity index (χ2v) is 6.02. The molecule has 6 heteroatoms.